The molecule has 0 unspecified atom stereocenters. The second-order valence-corrected chi connectivity index (χ2v) is 9.54. The van der Waals surface area contributed by atoms with Crippen LogP contribution < -0.4 is 9.03 Å². The third-order valence-corrected chi connectivity index (χ3v) is 7.67. The van der Waals surface area contributed by atoms with Crippen molar-refractivity contribution < 1.29 is 13.8 Å². The van der Waals surface area contributed by atoms with Crippen LogP contribution in [-0.4, -0.2) is 73.0 Å². The van der Waals surface area contributed by atoms with E-state index < -0.39 is 0 Å². The van der Waals surface area contributed by atoms with Crippen molar-refractivity contribution in [3.05, 3.63) is 47.5 Å². The van der Waals surface area contributed by atoms with Crippen molar-refractivity contribution in [1.29, 1.82) is 0 Å². The van der Waals surface area contributed by atoms with E-state index >= 15 is 0 Å². The topological polar surface area (TPSA) is 45.3 Å². The number of halogens is 1. The third kappa shape index (κ3) is 4.84. The Labute approximate surface area is 201 Å². The van der Waals surface area contributed by atoms with Gasteiger partial charge in [-0.1, -0.05) is 24.6 Å². The Hall–Kier alpha value is -2.28. The number of piperazine rings is 1. The van der Waals surface area contributed by atoms with Crippen molar-refractivity contribution in [1.82, 2.24) is 14.7 Å². The Morgan fingerprint density at radius 2 is 1.85 bits per heavy atom. The van der Waals surface area contributed by atoms with Crippen molar-refractivity contribution in [3.8, 4) is 22.6 Å². The molecular weight excluding hydrogens is 438 g/mol. The number of carbonyl (C=O) groups excluding carboxylic acids is 1. The van der Waals surface area contributed by atoms with Gasteiger partial charge in [-0.15, -0.1) is 0 Å². The summed E-state index contributed by atoms with van der Waals surface area (Å²) in [6.45, 7) is 6.04. The van der Waals surface area contributed by atoms with E-state index in [0.29, 0.717) is 12.3 Å². The maximum absolute atomic E-state index is 12.9. The summed E-state index contributed by atoms with van der Waals surface area (Å²) in [6.07, 6.45) is 4.98. The first-order valence-electron chi connectivity index (χ1n) is 12.0. The lowest BCUT2D eigenvalue weighted by Gasteiger charge is -2.43. The fraction of sp³-hybridized carbons (Fsp3) is 0.500. The van der Waals surface area contributed by atoms with Crippen LogP contribution in [0.1, 0.15) is 30.4 Å². The second-order valence-electron chi connectivity index (χ2n) is 9.38. The zero-order chi connectivity index (χ0) is 22.8. The first-order valence-corrected chi connectivity index (χ1v) is 12.3. The molecule has 3 aliphatic rings. The number of ether oxygens (including phenoxy) is 1. The van der Waals surface area contributed by atoms with Gasteiger partial charge in [0, 0.05) is 56.9 Å². The normalized spacial score (nSPS) is 19.6. The maximum Gasteiger partial charge on any atom is 0.236 e. The Bertz CT molecular complexity index is 1000. The summed E-state index contributed by atoms with van der Waals surface area (Å²) in [6, 6.07) is 12.9. The summed E-state index contributed by atoms with van der Waals surface area (Å²) in [5.74, 6) is 1.56. The maximum atomic E-state index is 12.9. The number of benzene rings is 2. The molecule has 5 rings (SSSR count). The smallest absolute Gasteiger partial charge is 0.236 e. The molecule has 176 valence electrons. The summed E-state index contributed by atoms with van der Waals surface area (Å²) >= 11 is 5.49. The molecule has 1 aliphatic carbocycles. The van der Waals surface area contributed by atoms with Crippen LogP contribution in [0.4, 0.5) is 0 Å². The minimum absolute atomic E-state index is 0.273. The van der Waals surface area contributed by atoms with Crippen LogP contribution >= 0.6 is 11.9 Å². The minimum atomic E-state index is 0.273. The first kappa shape index (κ1) is 22.5. The highest BCUT2D eigenvalue weighted by Crippen LogP contribution is 2.35. The number of fused-ring (bicyclic) bond motifs is 1. The van der Waals surface area contributed by atoms with Gasteiger partial charge in [0.1, 0.15) is 23.4 Å². The molecule has 0 radical (unpaired) electrons. The highest BCUT2D eigenvalue weighted by Gasteiger charge is 2.30. The van der Waals surface area contributed by atoms with Gasteiger partial charge in [-0.05, 0) is 48.1 Å². The molecule has 1 amide bonds. The Morgan fingerprint density at radius 1 is 1.03 bits per heavy atom. The molecule has 33 heavy (non-hydrogen) atoms. The van der Waals surface area contributed by atoms with Crippen LogP contribution in [-0.2, 0) is 17.8 Å². The van der Waals surface area contributed by atoms with Crippen molar-refractivity contribution in [2.24, 2.45) is 0 Å². The van der Waals surface area contributed by atoms with Gasteiger partial charge in [0.05, 0.1) is 13.7 Å². The first-order chi connectivity index (χ1) is 16.1. The number of amides is 1. The molecule has 0 aromatic heterocycles. The molecule has 6 nitrogen and oxygen atoms in total. The molecule has 2 aromatic carbocycles. The van der Waals surface area contributed by atoms with Crippen LogP contribution in [0.2, 0.25) is 0 Å². The van der Waals surface area contributed by atoms with Crippen molar-refractivity contribution in [2.75, 3.05) is 46.4 Å². The fourth-order valence-corrected chi connectivity index (χ4v) is 5.35. The van der Waals surface area contributed by atoms with E-state index in [4.69, 9.17) is 20.9 Å². The average Bonchev–Trinajstić information content (AvgIpc) is 2.82. The van der Waals surface area contributed by atoms with Gasteiger partial charge < -0.3 is 13.9 Å². The molecule has 1 saturated carbocycles. The van der Waals surface area contributed by atoms with Crippen LogP contribution in [0, 0.1) is 0 Å². The molecule has 2 fully saturated rings. The molecule has 2 aromatic rings. The highest BCUT2D eigenvalue weighted by molar-refractivity contribution is 6.09. The lowest BCUT2D eigenvalue weighted by Crippen LogP contribution is -2.55. The Morgan fingerprint density at radius 3 is 2.55 bits per heavy atom. The summed E-state index contributed by atoms with van der Waals surface area (Å²) in [5, 5.41) is 0. The summed E-state index contributed by atoms with van der Waals surface area (Å²) in [4.78, 5) is 19.9. The van der Waals surface area contributed by atoms with Crippen LogP contribution in [0.5, 0.6) is 11.5 Å². The summed E-state index contributed by atoms with van der Waals surface area (Å²) in [7, 11) is 1.65. The second kappa shape index (κ2) is 9.92. The van der Waals surface area contributed by atoms with Gasteiger partial charge in [0.2, 0.25) is 5.91 Å². The van der Waals surface area contributed by atoms with Crippen molar-refractivity contribution in [3.63, 3.8) is 0 Å². The zero-order valence-corrected chi connectivity index (χ0v) is 20.0. The predicted octanol–water partition coefficient (Wildman–Crippen LogP) is 3.95. The van der Waals surface area contributed by atoms with Crippen LogP contribution in [0.3, 0.4) is 0 Å². The van der Waals surface area contributed by atoms with E-state index in [9.17, 15) is 4.79 Å². The van der Waals surface area contributed by atoms with E-state index in [0.717, 1.165) is 68.6 Å². The quantitative estimate of drug-likeness (QED) is 0.641. The van der Waals surface area contributed by atoms with Crippen molar-refractivity contribution in [2.45, 2.75) is 38.3 Å². The number of hydrogen-bond donors (Lipinski definition) is 0. The van der Waals surface area contributed by atoms with E-state index in [-0.39, 0.29) is 5.91 Å². The highest BCUT2D eigenvalue weighted by atomic mass is 35.5. The minimum Gasteiger partial charge on any atom is -0.496 e. The standard InChI is InChI=1S/C26H32ClN3O3/c1-32-25-16-23(33-27)7-8-24(25)20-5-6-21-17-28(10-9-19(21)15-20)18-26(31)30-13-11-29(12-14-30)22-3-2-4-22/h5-8,15-16,22H,2-4,9-14,17-18H2,1H3. The molecule has 0 atom stereocenters. The summed E-state index contributed by atoms with van der Waals surface area (Å²) in [5.41, 5.74) is 4.76. The number of methoxy groups -OCH3 is 1. The third-order valence-electron chi connectivity index (χ3n) is 7.49. The van der Waals surface area contributed by atoms with Gasteiger partial charge in [-0.3, -0.25) is 14.6 Å². The monoisotopic (exact) mass is 469 g/mol. The SMILES string of the molecule is COc1cc(OCl)ccc1-c1ccc2c(c1)CCN(CC(=O)N1CCN(C3CCC3)CC1)C2. The molecule has 1 saturated heterocycles. The number of hydrogen-bond acceptors (Lipinski definition) is 5. The molecule has 7 heteroatoms. The van der Waals surface area contributed by atoms with Crippen LogP contribution in [0.25, 0.3) is 11.1 Å². The predicted molar refractivity (Wildman–Crippen MR) is 130 cm³/mol. The van der Waals surface area contributed by atoms with Gasteiger partial charge in [0.15, 0.2) is 0 Å². The number of rotatable bonds is 6. The molecular formula is C26H32ClN3O3. The molecule has 0 N–H and O–H groups in total. The van der Waals surface area contributed by atoms with Gasteiger partial charge in [0.25, 0.3) is 0 Å². The van der Waals surface area contributed by atoms with Gasteiger partial charge in [-0.25, -0.2) is 0 Å². The van der Waals surface area contributed by atoms with Crippen LogP contribution in [0.15, 0.2) is 36.4 Å². The lowest BCUT2D eigenvalue weighted by atomic mass is 9.91. The molecule has 0 spiro atoms. The lowest BCUT2D eigenvalue weighted by molar-refractivity contribution is -0.135. The molecule has 2 aliphatic heterocycles. The van der Waals surface area contributed by atoms with E-state index in [1.54, 1.807) is 13.2 Å². The number of carbonyl (C=O) groups is 1. The van der Waals surface area contributed by atoms with E-state index in [1.807, 2.05) is 12.1 Å². The largest absolute Gasteiger partial charge is 0.496 e. The van der Waals surface area contributed by atoms with Gasteiger partial charge >= 0.3 is 0 Å². The van der Waals surface area contributed by atoms with Crippen molar-refractivity contribution >= 4 is 17.8 Å². The van der Waals surface area contributed by atoms with E-state index in [1.165, 1.54) is 30.4 Å². The molecule has 2 heterocycles. The summed E-state index contributed by atoms with van der Waals surface area (Å²) < 4.78 is 10.3. The van der Waals surface area contributed by atoms with Gasteiger partial charge in [-0.2, -0.15) is 0 Å². The zero-order valence-electron chi connectivity index (χ0n) is 19.3. The van der Waals surface area contributed by atoms with E-state index in [2.05, 4.69) is 32.9 Å². The number of nitrogens with zero attached hydrogens (tertiary/aromatic N) is 3. The molecule has 0 bridgehead atoms. The Kier molecular flexibility index (Phi) is 6.76. The Balaban J connectivity index is 1.20. The fourth-order valence-electron chi connectivity index (χ4n) is 5.25. The average molecular weight is 470 g/mol.